The van der Waals surface area contributed by atoms with Gasteiger partial charge in [-0.3, -0.25) is 0 Å². The van der Waals surface area contributed by atoms with E-state index in [1.54, 1.807) is 13.8 Å². The van der Waals surface area contributed by atoms with Crippen molar-refractivity contribution in [2.45, 2.75) is 45.5 Å². The van der Waals surface area contributed by atoms with Crippen LogP contribution < -0.4 is 4.74 Å². The molecule has 0 fully saturated rings. The van der Waals surface area contributed by atoms with E-state index < -0.39 is 40.4 Å². The SMILES string of the molecule is Cc1cc2c(cc1C)C(C(F)(F)F)(C(F)(F)F)c1cc(C)c(C)cc1O2. The van der Waals surface area contributed by atoms with Gasteiger partial charge in [-0.1, -0.05) is 12.1 Å². The zero-order chi connectivity index (χ0) is 19.7. The second kappa shape index (κ2) is 5.41. The first-order chi connectivity index (χ1) is 11.8. The van der Waals surface area contributed by atoms with Crippen molar-refractivity contribution in [1.82, 2.24) is 0 Å². The minimum absolute atomic E-state index is 0.331. The van der Waals surface area contributed by atoms with E-state index >= 15 is 0 Å². The van der Waals surface area contributed by atoms with Crippen LogP contribution in [-0.4, -0.2) is 12.4 Å². The van der Waals surface area contributed by atoms with Crippen LogP contribution in [0.2, 0.25) is 0 Å². The van der Waals surface area contributed by atoms with Gasteiger partial charge in [0, 0.05) is 11.1 Å². The van der Waals surface area contributed by atoms with E-state index in [-0.39, 0.29) is 0 Å². The van der Waals surface area contributed by atoms with Crippen molar-refractivity contribution in [2.75, 3.05) is 0 Å². The molecule has 0 unspecified atom stereocenters. The summed E-state index contributed by atoms with van der Waals surface area (Å²) in [5.74, 6) is -0.836. The van der Waals surface area contributed by atoms with E-state index in [0.717, 1.165) is 12.1 Å². The molecule has 3 rings (SSSR count). The Bertz CT molecular complexity index is 819. The normalized spacial score (nSPS) is 15.9. The fraction of sp³-hybridized carbons (Fsp3) is 0.368. The van der Waals surface area contributed by atoms with E-state index in [1.807, 2.05) is 0 Å². The Hall–Kier alpha value is -2.18. The third-order valence-corrected chi connectivity index (χ3v) is 5.07. The first-order valence-corrected chi connectivity index (χ1v) is 7.85. The maximum absolute atomic E-state index is 14.1. The van der Waals surface area contributed by atoms with Gasteiger partial charge in [0.15, 0.2) is 0 Å². The monoisotopic (exact) mass is 374 g/mol. The van der Waals surface area contributed by atoms with Gasteiger partial charge in [0.1, 0.15) is 11.5 Å². The van der Waals surface area contributed by atoms with Crippen molar-refractivity contribution >= 4 is 0 Å². The van der Waals surface area contributed by atoms with Gasteiger partial charge in [-0.05, 0) is 62.1 Å². The topological polar surface area (TPSA) is 9.23 Å². The van der Waals surface area contributed by atoms with Gasteiger partial charge in [-0.15, -0.1) is 0 Å². The molecule has 26 heavy (non-hydrogen) atoms. The Morgan fingerprint density at radius 3 is 1.23 bits per heavy atom. The summed E-state index contributed by atoms with van der Waals surface area (Å²) in [6.45, 7) is 6.17. The fourth-order valence-corrected chi connectivity index (χ4v) is 3.37. The van der Waals surface area contributed by atoms with Gasteiger partial charge in [0.2, 0.25) is 5.41 Å². The van der Waals surface area contributed by atoms with E-state index in [4.69, 9.17) is 4.74 Å². The van der Waals surface area contributed by atoms with Crippen LogP contribution in [0.3, 0.4) is 0 Å². The largest absolute Gasteiger partial charge is 0.457 e. The molecule has 0 aromatic heterocycles. The predicted molar refractivity (Wildman–Crippen MR) is 84.8 cm³/mol. The van der Waals surface area contributed by atoms with Gasteiger partial charge in [-0.25, -0.2) is 0 Å². The van der Waals surface area contributed by atoms with Crippen LogP contribution in [0.5, 0.6) is 11.5 Å². The summed E-state index contributed by atoms with van der Waals surface area (Å²) >= 11 is 0. The molecule has 1 aliphatic rings. The van der Waals surface area contributed by atoms with E-state index in [2.05, 4.69) is 0 Å². The molecular weight excluding hydrogens is 358 g/mol. The Kier molecular flexibility index (Phi) is 3.87. The Labute approximate surface area is 146 Å². The number of fused-ring (bicyclic) bond motifs is 2. The first kappa shape index (κ1) is 18.6. The molecule has 1 aliphatic heterocycles. The molecule has 0 radical (unpaired) electrons. The van der Waals surface area contributed by atoms with Crippen molar-refractivity contribution in [1.29, 1.82) is 0 Å². The number of hydrogen-bond acceptors (Lipinski definition) is 1. The molecule has 0 atom stereocenters. The molecule has 0 amide bonds. The first-order valence-electron chi connectivity index (χ1n) is 7.85. The number of benzene rings is 2. The van der Waals surface area contributed by atoms with E-state index in [9.17, 15) is 26.3 Å². The van der Waals surface area contributed by atoms with Crippen LogP contribution in [0.25, 0.3) is 0 Å². The molecular formula is C19H16F6O. The van der Waals surface area contributed by atoms with Gasteiger partial charge in [-0.2, -0.15) is 26.3 Å². The number of rotatable bonds is 0. The number of aryl methyl sites for hydroxylation is 4. The molecule has 0 spiro atoms. The zero-order valence-corrected chi connectivity index (χ0v) is 14.5. The Morgan fingerprint density at radius 1 is 0.615 bits per heavy atom. The number of ether oxygens (including phenoxy) is 1. The number of halogens is 6. The summed E-state index contributed by atoms with van der Waals surface area (Å²) in [7, 11) is 0. The Balaban J connectivity index is 2.54. The molecule has 0 N–H and O–H groups in total. The highest BCUT2D eigenvalue weighted by molar-refractivity contribution is 5.63. The fourth-order valence-electron chi connectivity index (χ4n) is 3.37. The van der Waals surface area contributed by atoms with Crippen molar-refractivity contribution in [3.8, 4) is 11.5 Å². The summed E-state index contributed by atoms with van der Waals surface area (Å²) in [4.78, 5) is 0. The van der Waals surface area contributed by atoms with Crippen molar-refractivity contribution < 1.29 is 31.1 Å². The summed E-state index contributed by atoms with van der Waals surface area (Å²) in [6.07, 6.45) is -11.2. The third-order valence-electron chi connectivity index (χ3n) is 5.07. The molecule has 7 heteroatoms. The molecule has 0 aliphatic carbocycles. The molecule has 0 saturated carbocycles. The molecule has 140 valence electrons. The maximum atomic E-state index is 14.1. The van der Waals surface area contributed by atoms with Crippen molar-refractivity contribution in [3.63, 3.8) is 0 Å². The Morgan fingerprint density at radius 2 is 0.923 bits per heavy atom. The molecule has 0 saturated heterocycles. The predicted octanol–water partition coefficient (Wildman–Crippen LogP) is 6.44. The standard InChI is InChI=1S/C19H16F6O/c1-9-5-13-15(7-11(9)3)26-16-8-12(4)10(2)6-14(16)17(13,18(20,21)22)19(23,24)25/h5-8H,1-4H3. The lowest BCUT2D eigenvalue weighted by Gasteiger charge is -2.42. The summed E-state index contributed by atoms with van der Waals surface area (Å²) in [6, 6.07) is 4.33. The third kappa shape index (κ3) is 2.32. The molecule has 1 nitrogen and oxygen atoms in total. The summed E-state index contributed by atoms with van der Waals surface area (Å²) in [5, 5.41) is 0. The highest BCUT2D eigenvalue weighted by Crippen LogP contribution is 2.63. The highest BCUT2D eigenvalue weighted by atomic mass is 19.4. The van der Waals surface area contributed by atoms with Gasteiger partial charge >= 0.3 is 12.4 Å². The average Bonchev–Trinajstić information content (AvgIpc) is 2.46. The second-order valence-electron chi connectivity index (χ2n) is 6.71. The average molecular weight is 374 g/mol. The van der Waals surface area contributed by atoms with Crippen LogP contribution >= 0.6 is 0 Å². The van der Waals surface area contributed by atoms with Crippen LogP contribution in [-0.2, 0) is 5.41 Å². The molecule has 2 aromatic rings. The van der Waals surface area contributed by atoms with E-state index in [1.165, 1.54) is 26.0 Å². The minimum Gasteiger partial charge on any atom is -0.457 e. The minimum atomic E-state index is -5.60. The molecule has 1 heterocycles. The van der Waals surface area contributed by atoms with Crippen LogP contribution in [0, 0.1) is 27.7 Å². The van der Waals surface area contributed by atoms with Crippen LogP contribution in [0.15, 0.2) is 24.3 Å². The maximum Gasteiger partial charge on any atom is 0.411 e. The van der Waals surface area contributed by atoms with Crippen LogP contribution in [0.4, 0.5) is 26.3 Å². The summed E-state index contributed by atoms with van der Waals surface area (Å²) in [5.41, 5.74) is -4.22. The second-order valence-corrected chi connectivity index (χ2v) is 6.71. The zero-order valence-electron chi connectivity index (χ0n) is 14.5. The van der Waals surface area contributed by atoms with Gasteiger partial charge in [0.25, 0.3) is 0 Å². The highest BCUT2D eigenvalue weighted by Gasteiger charge is 2.75. The van der Waals surface area contributed by atoms with Crippen LogP contribution in [0.1, 0.15) is 33.4 Å². The lowest BCUT2D eigenvalue weighted by atomic mass is 9.69. The molecule has 2 aromatic carbocycles. The lowest BCUT2D eigenvalue weighted by molar-refractivity contribution is -0.290. The number of hydrogen-bond donors (Lipinski definition) is 0. The van der Waals surface area contributed by atoms with Crippen molar-refractivity contribution in [2.24, 2.45) is 0 Å². The smallest absolute Gasteiger partial charge is 0.411 e. The van der Waals surface area contributed by atoms with Gasteiger partial charge < -0.3 is 4.74 Å². The van der Waals surface area contributed by atoms with E-state index in [0.29, 0.717) is 22.3 Å². The summed E-state index contributed by atoms with van der Waals surface area (Å²) < 4.78 is 90.3. The number of alkyl halides is 6. The van der Waals surface area contributed by atoms with Gasteiger partial charge in [0.05, 0.1) is 0 Å². The molecule has 0 bridgehead atoms. The van der Waals surface area contributed by atoms with Crippen molar-refractivity contribution in [3.05, 3.63) is 57.6 Å². The quantitative estimate of drug-likeness (QED) is 0.483. The lowest BCUT2D eigenvalue weighted by Crippen LogP contribution is -2.56.